The molecule has 0 aromatic carbocycles. The summed E-state index contributed by atoms with van der Waals surface area (Å²) < 4.78 is 5.48. The first-order valence-electron chi connectivity index (χ1n) is 7.00. The summed E-state index contributed by atoms with van der Waals surface area (Å²) in [5.74, 6) is 2.25. The zero-order valence-corrected chi connectivity index (χ0v) is 12.2. The number of ether oxygens (including phenoxy) is 1. The molecule has 4 heteroatoms. The van der Waals surface area contributed by atoms with Crippen LogP contribution in [0, 0.1) is 17.8 Å². The molecule has 1 amide bonds. The van der Waals surface area contributed by atoms with Crippen LogP contribution < -0.4 is 5.32 Å². The maximum Gasteiger partial charge on any atom is 0.410 e. The van der Waals surface area contributed by atoms with Crippen LogP contribution >= 0.6 is 0 Å². The molecule has 0 radical (unpaired) electrons. The second-order valence-corrected chi connectivity index (χ2v) is 6.88. The summed E-state index contributed by atoms with van der Waals surface area (Å²) in [6.07, 6.45) is -0.171. The van der Waals surface area contributed by atoms with Crippen LogP contribution in [-0.4, -0.2) is 42.3 Å². The Balaban J connectivity index is 1.90. The molecule has 104 valence electrons. The highest BCUT2D eigenvalue weighted by atomic mass is 16.6. The van der Waals surface area contributed by atoms with Crippen LogP contribution in [-0.2, 0) is 4.74 Å². The predicted octanol–water partition coefficient (Wildman–Crippen LogP) is 2.10. The van der Waals surface area contributed by atoms with Gasteiger partial charge in [0.25, 0.3) is 0 Å². The Morgan fingerprint density at radius 3 is 2.33 bits per heavy atom. The number of rotatable bonds is 3. The third kappa shape index (κ3) is 2.97. The minimum atomic E-state index is -0.412. The number of hydrogen-bond donors (Lipinski definition) is 1. The second-order valence-electron chi connectivity index (χ2n) is 6.88. The Hall–Kier alpha value is -0.770. The summed E-state index contributed by atoms with van der Waals surface area (Å²) in [7, 11) is 0. The van der Waals surface area contributed by atoms with Gasteiger partial charge in [0.15, 0.2) is 0 Å². The number of fused-ring (bicyclic) bond motifs is 1. The first-order valence-corrected chi connectivity index (χ1v) is 7.00. The van der Waals surface area contributed by atoms with Crippen molar-refractivity contribution >= 4 is 6.09 Å². The van der Waals surface area contributed by atoms with Crippen LogP contribution in [0.1, 0.15) is 34.6 Å². The number of hydrogen-bond acceptors (Lipinski definition) is 3. The van der Waals surface area contributed by atoms with E-state index in [9.17, 15) is 4.79 Å². The van der Waals surface area contributed by atoms with E-state index in [-0.39, 0.29) is 12.1 Å². The third-order valence-corrected chi connectivity index (χ3v) is 3.93. The molecular formula is C14H26N2O2. The van der Waals surface area contributed by atoms with Crippen LogP contribution in [0.2, 0.25) is 0 Å². The molecule has 0 aromatic heterocycles. The topological polar surface area (TPSA) is 41.6 Å². The number of carbonyl (C=O) groups excluding carboxylic acids is 1. The van der Waals surface area contributed by atoms with Crippen molar-refractivity contribution in [3.8, 4) is 0 Å². The normalized spacial score (nSPS) is 30.2. The number of piperidine rings is 1. The Bertz CT molecular complexity index is 312. The lowest BCUT2D eigenvalue weighted by Crippen LogP contribution is -2.42. The van der Waals surface area contributed by atoms with Crippen molar-refractivity contribution in [1.82, 2.24) is 10.2 Å². The zero-order valence-electron chi connectivity index (χ0n) is 12.2. The molecule has 2 fully saturated rings. The Kier molecular flexibility index (Phi) is 3.58. The van der Waals surface area contributed by atoms with Crippen molar-refractivity contribution in [3.05, 3.63) is 0 Å². The fraction of sp³-hybridized carbons (Fsp3) is 0.929. The van der Waals surface area contributed by atoms with Gasteiger partial charge in [-0.3, -0.25) is 0 Å². The molecule has 2 unspecified atom stereocenters. The van der Waals surface area contributed by atoms with Gasteiger partial charge in [0.05, 0.1) is 0 Å². The lowest BCUT2D eigenvalue weighted by Gasteiger charge is -2.30. The van der Waals surface area contributed by atoms with Gasteiger partial charge in [0.2, 0.25) is 0 Å². The van der Waals surface area contributed by atoms with Crippen molar-refractivity contribution in [2.24, 2.45) is 17.8 Å². The number of carbonyl (C=O) groups is 1. The highest BCUT2D eigenvalue weighted by molar-refractivity contribution is 5.68. The van der Waals surface area contributed by atoms with Crippen molar-refractivity contribution in [3.63, 3.8) is 0 Å². The second kappa shape index (κ2) is 4.72. The SMILES string of the molecule is CC(C)N(CC1C2CNCC21)C(=O)OC(C)(C)C. The molecule has 2 rings (SSSR count). The van der Waals surface area contributed by atoms with Crippen molar-refractivity contribution < 1.29 is 9.53 Å². The molecule has 0 bridgehead atoms. The average molecular weight is 254 g/mol. The van der Waals surface area contributed by atoms with E-state index in [0.717, 1.165) is 31.5 Å². The van der Waals surface area contributed by atoms with Crippen LogP contribution in [0.25, 0.3) is 0 Å². The summed E-state index contributed by atoms with van der Waals surface area (Å²) >= 11 is 0. The van der Waals surface area contributed by atoms with Gasteiger partial charge >= 0.3 is 6.09 Å². The summed E-state index contributed by atoms with van der Waals surface area (Å²) in [5.41, 5.74) is -0.412. The van der Waals surface area contributed by atoms with E-state index in [1.807, 2.05) is 25.7 Å². The summed E-state index contributed by atoms with van der Waals surface area (Å²) in [4.78, 5) is 14.1. The monoisotopic (exact) mass is 254 g/mol. The standard InChI is InChI=1S/C14H26N2O2/c1-9(2)16(13(17)18-14(3,4)5)8-12-10-6-15-7-11(10)12/h9-12,15H,6-8H2,1-5H3. The number of nitrogens with one attached hydrogen (secondary N) is 1. The third-order valence-electron chi connectivity index (χ3n) is 3.93. The van der Waals surface area contributed by atoms with Gasteiger partial charge in [0.1, 0.15) is 5.60 Å². The molecule has 18 heavy (non-hydrogen) atoms. The van der Waals surface area contributed by atoms with E-state index in [1.165, 1.54) is 0 Å². The fourth-order valence-electron chi connectivity index (χ4n) is 2.86. The lowest BCUT2D eigenvalue weighted by molar-refractivity contribution is 0.0174. The molecule has 1 N–H and O–H groups in total. The minimum Gasteiger partial charge on any atom is -0.444 e. The zero-order chi connectivity index (χ0) is 13.5. The van der Waals surface area contributed by atoms with Gasteiger partial charge in [-0.2, -0.15) is 0 Å². The average Bonchev–Trinajstić information content (AvgIpc) is 2.66. The summed E-state index contributed by atoms with van der Waals surface area (Å²) in [6, 6.07) is 0.203. The smallest absolute Gasteiger partial charge is 0.410 e. The molecule has 0 spiro atoms. The van der Waals surface area contributed by atoms with Gasteiger partial charge in [-0.25, -0.2) is 4.79 Å². The highest BCUT2D eigenvalue weighted by Gasteiger charge is 2.53. The quantitative estimate of drug-likeness (QED) is 0.838. The molecule has 4 nitrogen and oxygen atoms in total. The largest absolute Gasteiger partial charge is 0.444 e. The first kappa shape index (κ1) is 13.7. The minimum absolute atomic E-state index is 0.171. The molecule has 1 aliphatic heterocycles. The maximum atomic E-state index is 12.2. The predicted molar refractivity (Wildman–Crippen MR) is 71.4 cm³/mol. The van der Waals surface area contributed by atoms with E-state index in [1.54, 1.807) is 0 Å². The number of nitrogens with zero attached hydrogens (tertiary/aromatic N) is 1. The van der Waals surface area contributed by atoms with Crippen LogP contribution in [0.5, 0.6) is 0 Å². The van der Waals surface area contributed by atoms with E-state index >= 15 is 0 Å². The molecule has 1 heterocycles. The Morgan fingerprint density at radius 2 is 1.89 bits per heavy atom. The van der Waals surface area contributed by atoms with Gasteiger partial charge in [-0.05, 0) is 65.5 Å². The Morgan fingerprint density at radius 1 is 1.33 bits per heavy atom. The van der Waals surface area contributed by atoms with E-state index in [4.69, 9.17) is 4.74 Å². The van der Waals surface area contributed by atoms with Crippen LogP contribution in [0.4, 0.5) is 4.79 Å². The Labute approximate surface area is 110 Å². The summed E-state index contributed by atoms with van der Waals surface area (Å²) in [5, 5.41) is 3.39. The molecule has 2 aliphatic rings. The van der Waals surface area contributed by atoms with Crippen LogP contribution in [0.3, 0.4) is 0 Å². The van der Waals surface area contributed by atoms with E-state index in [2.05, 4.69) is 19.2 Å². The maximum absolute atomic E-state index is 12.2. The van der Waals surface area contributed by atoms with E-state index in [0.29, 0.717) is 5.92 Å². The van der Waals surface area contributed by atoms with Crippen LogP contribution in [0.15, 0.2) is 0 Å². The molecular weight excluding hydrogens is 228 g/mol. The molecule has 1 saturated heterocycles. The first-order chi connectivity index (χ1) is 8.29. The molecule has 2 atom stereocenters. The van der Waals surface area contributed by atoms with Gasteiger partial charge in [-0.15, -0.1) is 0 Å². The van der Waals surface area contributed by atoms with Gasteiger partial charge in [0, 0.05) is 12.6 Å². The lowest BCUT2D eigenvalue weighted by atomic mass is 10.2. The van der Waals surface area contributed by atoms with E-state index < -0.39 is 5.60 Å². The molecule has 1 aliphatic carbocycles. The van der Waals surface area contributed by atoms with Gasteiger partial charge in [-0.1, -0.05) is 0 Å². The molecule has 1 saturated carbocycles. The molecule has 0 aromatic rings. The van der Waals surface area contributed by atoms with Gasteiger partial charge < -0.3 is 15.0 Å². The van der Waals surface area contributed by atoms with Crippen molar-refractivity contribution in [1.29, 1.82) is 0 Å². The van der Waals surface area contributed by atoms with Crippen molar-refractivity contribution in [2.45, 2.75) is 46.3 Å². The summed E-state index contributed by atoms with van der Waals surface area (Å²) in [6.45, 7) is 13.0. The number of amides is 1. The van der Waals surface area contributed by atoms with Crippen molar-refractivity contribution in [2.75, 3.05) is 19.6 Å². The highest BCUT2D eigenvalue weighted by Crippen LogP contribution is 2.49. The fourth-order valence-corrected chi connectivity index (χ4v) is 2.86.